The lowest BCUT2D eigenvalue weighted by atomic mass is 10.0. The molecule has 2 atom stereocenters. The smallest absolute Gasteiger partial charge is 0.293 e. The quantitative estimate of drug-likeness (QED) is 0.851. The maximum atomic E-state index is 12.4. The van der Waals surface area contributed by atoms with E-state index in [1.165, 1.54) is 0 Å². The first-order valence-electron chi connectivity index (χ1n) is 6.72. The summed E-state index contributed by atoms with van der Waals surface area (Å²) in [4.78, 5) is 22.3. The number of rotatable bonds is 2. The van der Waals surface area contributed by atoms with E-state index >= 15 is 0 Å². The number of nitrogens with zero attached hydrogens (tertiary/aromatic N) is 5. The summed E-state index contributed by atoms with van der Waals surface area (Å²) in [6, 6.07) is 1.81. The van der Waals surface area contributed by atoms with Crippen molar-refractivity contribution in [2.45, 2.75) is 26.4 Å². The molecule has 20 heavy (non-hydrogen) atoms. The van der Waals surface area contributed by atoms with E-state index in [-0.39, 0.29) is 17.6 Å². The van der Waals surface area contributed by atoms with Crippen molar-refractivity contribution in [2.75, 3.05) is 13.1 Å². The zero-order valence-corrected chi connectivity index (χ0v) is 11.5. The van der Waals surface area contributed by atoms with E-state index in [4.69, 9.17) is 0 Å². The van der Waals surface area contributed by atoms with Gasteiger partial charge in [-0.25, -0.2) is 9.50 Å². The van der Waals surface area contributed by atoms with Gasteiger partial charge in [-0.2, -0.15) is 4.98 Å². The molecule has 2 aromatic heterocycles. The Bertz CT molecular complexity index is 651. The van der Waals surface area contributed by atoms with Gasteiger partial charge in [0.25, 0.3) is 11.7 Å². The summed E-state index contributed by atoms with van der Waals surface area (Å²) in [5, 5.41) is 13.8. The minimum absolute atomic E-state index is 0.135. The van der Waals surface area contributed by atoms with Gasteiger partial charge in [0.15, 0.2) is 0 Å². The third-order valence-corrected chi connectivity index (χ3v) is 3.82. The van der Waals surface area contributed by atoms with E-state index in [1.54, 1.807) is 22.5 Å². The van der Waals surface area contributed by atoms with Gasteiger partial charge >= 0.3 is 0 Å². The summed E-state index contributed by atoms with van der Waals surface area (Å²) in [5.41, 5.74) is 0.879. The number of hydrogen-bond acceptors (Lipinski definition) is 5. The van der Waals surface area contributed by atoms with Gasteiger partial charge in [-0.3, -0.25) is 4.79 Å². The molecule has 1 aliphatic heterocycles. The number of aromatic nitrogens is 4. The van der Waals surface area contributed by atoms with E-state index in [0.717, 1.165) is 12.1 Å². The van der Waals surface area contributed by atoms with E-state index in [1.807, 2.05) is 13.0 Å². The summed E-state index contributed by atoms with van der Waals surface area (Å²) in [6.45, 7) is 4.83. The van der Waals surface area contributed by atoms with Gasteiger partial charge in [0, 0.05) is 30.9 Å². The van der Waals surface area contributed by atoms with Crippen LogP contribution in [0.2, 0.25) is 0 Å². The predicted octanol–water partition coefficient (Wildman–Crippen LogP) is 0.276. The largest absolute Gasteiger partial charge is 0.393 e. The van der Waals surface area contributed by atoms with E-state index in [0.29, 0.717) is 18.9 Å². The van der Waals surface area contributed by atoms with Gasteiger partial charge in [0.05, 0.1) is 6.10 Å². The van der Waals surface area contributed by atoms with Crippen LogP contribution in [0.25, 0.3) is 5.78 Å². The number of hydrogen-bond donors (Lipinski definition) is 1. The Kier molecular flexibility index (Phi) is 3.13. The fourth-order valence-corrected chi connectivity index (χ4v) is 2.50. The highest BCUT2D eigenvalue weighted by atomic mass is 16.3. The summed E-state index contributed by atoms with van der Waals surface area (Å²) in [6.07, 6.45) is 2.06. The van der Waals surface area contributed by atoms with Crippen LogP contribution in [0.5, 0.6) is 0 Å². The van der Waals surface area contributed by atoms with Crippen molar-refractivity contribution in [3.05, 3.63) is 23.8 Å². The molecule has 2 unspecified atom stereocenters. The predicted molar refractivity (Wildman–Crippen MR) is 71.2 cm³/mol. The van der Waals surface area contributed by atoms with Gasteiger partial charge in [0.2, 0.25) is 5.82 Å². The Hall–Kier alpha value is -2.02. The average molecular weight is 275 g/mol. The van der Waals surface area contributed by atoms with Crippen molar-refractivity contribution in [1.29, 1.82) is 0 Å². The molecule has 1 fully saturated rings. The van der Waals surface area contributed by atoms with Crippen LogP contribution in [-0.4, -0.2) is 54.7 Å². The van der Waals surface area contributed by atoms with E-state index in [2.05, 4.69) is 15.1 Å². The number of carbonyl (C=O) groups excluding carboxylic acids is 1. The van der Waals surface area contributed by atoms with Gasteiger partial charge < -0.3 is 10.0 Å². The Morgan fingerprint density at radius 2 is 2.35 bits per heavy atom. The Morgan fingerprint density at radius 1 is 1.55 bits per heavy atom. The molecule has 0 saturated carbocycles. The highest BCUT2D eigenvalue weighted by Gasteiger charge is 2.31. The molecule has 0 aliphatic carbocycles. The standard InChI is InChI=1S/C13H17N5O2/c1-8-3-5-14-13-15-11(16-18(8)13)12(20)17-6-4-10(7-17)9(2)19/h3,5,9-10,19H,4,6-7H2,1-2H3. The van der Waals surface area contributed by atoms with Crippen LogP contribution in [0.3, 0.4) is 0 Å². The van der Waals surface area contributed by atoms with Crippen molar-refractivity contribution in [1.82, 2.24) is 24.5 Å². The molecule has 0 bridgehead atoms. The van der Waals surface area contributed by atoms with Crippen molar-refractivity contribution < 1.29 is 9.90 Å². The van der Waals surface area contributed by atoms with Crippen LogP contribution in [-0.2, 0) is 0 Å². The van der Waals surface area contributed by atoms with E-state index in [9.17, 15) is 9.90 Å². The van der Waals surface area contributed by atoms with Crippen molar-refractivity contribution in [3.8, 4) is 0 Å². The molecule has 1 saturated heterocycles. The number of aliphatic hydroxyl groups excluding tert-OH is 1. The fourth-order valence-electron chi connectivity index (χ4n) is 2.50. The van der Waals surface area contributed by atoms with Crippen molar-refractivity contribution in [3.63, 3.8) is 0 Å². The molecule has 106 valence electrons. The first-order chi connectivity index (χ1) is 9.56. The molecular formula is C13H17N5O2. The maximum Gasteiger partial charge on any atom is 0.293 e. The summed E-state index contributed by atoms with van der Waals surface area (Å²) >= 11 is 0. The van der Waals surface area contributed by atoms with Gasteiger partial charge in [-0.05, 0) is 26.3 Å². The lowest BCUT2D eigenvalue weighted by Gasteiger charge is -2.15. The molecule has 1 aliphatic rings. The number of amides is 1. The lowest BCUT2D eigenvalue weighted by Crippen LogP contribution is -2.31. The first-order valence-corrected chi connectivity index (χ1v) is 6.72. The normalized spacial score (nSPS) is 20.6. The number of aliphatic hydroxyl groups is 1. The highest BCUT2D eigenvalue weighted by molar-refractivity contribution is 5.91. The van der Waals surface area contributed by atoms with Crippen LogP contribution < -0.4 is 0 Å². The second kappa shape index (κ2) is 4.82. The highest BCUT2D eigenvalue weighted by Crippen LogP contribution is 2.20. The van der Waals surface area contributed by atoms with Crippen LogP contribution in [0, 0.1) is 12.8 Å². The molecule has 0 radical (unpaired) electrons. The molecule has 3 rings (SSSR count). The van der Waals surface area contributed by atoms with Crippen molar-refractivity contribution in [2.24, 2.45) is 5.92 Å². The molecule has 3 heterocycles. The molecule has 7 heteroatoms. The maximum absolute atomic E-state index is 12.4. The molecule has 1 amide bonds. The van der Waals surface area contributed by atoms with Crippen LogP contribution >= 0.6 is 0 Å². The monoisotopic (exact) mass is 275 g/mol. The zero-order valence-electron chi connectivity index (χ0n) is 11.5. The topological polar surface area (TPSA) is 83.6 Å². The van der Waals surface area contributed by atoms with Gasteiger partial charge in [-0.15, -0.1) is 5.10 Å². The minimum atomic E-state index is -0.397. The molecule has 0 aromatic carbocycles. The second-order valence-corrected chi connectivity index (χ2v) is 5.27. The fraction of sp³-hybridized carbons (Fsp3) is 0.538. The third kappa shape index (κ3) is 2.14. The minimum Gasteiger partial charge on any atom is -0.393 e. The molecular weight excluding hydrogens is 258 g/mol. The number of aryl methyl sites for hydroxylation is 1. The number of fused-ring (bicyclic) bond motifs is 1. The Morgan fingerprint density at radius 3 is 3.00 bits per heavy atom. The Labute approximate surface area is 116 Å². The summed E-state index contributed by atoms with van der Waals surface area (Å²) in [5.74, 6) is 0.534. The van der Waals surface area contributed by atoms with Crippen LogP contribution in [0.15, 0.2) is 12.3 Å². The number of likely N-dealkylation sites (tertiary alicyclic amines) is 1. The molecule has 7 nitrogen and oxygen atoms in total. The molecule has 1 N–H and O–H groups in total. The first kappa shape index (κ1) is 13.0. The Balaban J connectivity index is 1.84. The average Bonchev–Trinajstić information content (AvgIpc) is 3.05. The summed E-state index contributed by atoms with van der Waals surface area (Å²) in [7, 11) is 0. The third-order valence-electron chi connectivity index (χ3n) is 3.82. The SMILES string of the molecule is Cc1ccnc2nc(C(=O)N3CCC(C(C)O)C3)nn12. The van der Waals surface area contributed by atoms with Gasteiger partial charge in [-0.1, -0.05) is 0 Å². The number of carbonyl (C=O) groups is 1. The van der Waals surface area contributed by atoms with Gasteiger partial charge in [0.1, 0.15) is 0 Å². The molecule has 2 aromatic rings. The lowest BCUT2D eigenvalue weighted by molar-refractivity contribution is 0.0751. The van der Waals surface area contributed by atoms with Crippen LogP contribution in [0.1, 0.15) is 29.7 Å². The van der Waals surface area contributed by atoms with Crippen molar-refractivity contribution >= 4 is 11.7 Å². The second-order valence-electron chi connectivity index (χ2n) is 5.27. The van der Waals surface area contributed by atoms with Crippen LogP contribution in [0.4, 0.5) is 0 Å². The summed E-state index contributed by atoms with van der Waals surface area (Å²) < 4.78 is 1.56. The zero-order chi connectivity index (χ0) is 14.3. The van der Waals surface area contributed by atoms with E-state index < -0.39 is 6.10 Å². The molecule has 0 spiro atoms.